The van der Waals surface area contributed by atoms with Crippen molar-refractivity contribution < 1.29 is 23.8 Å². The minimum Gasteiger partial charge on any atom is -0.479 e. The maximum atomic E-state index is 13.4. The summed E-state index contributed by atoms with van der Waals surface area (Å²) in [6, 6.07) is 11.0. The number of carboxylic acids is 1. The van der Waals surface area contributed by atoms with Gasteiger partial charge in [0, 0.05) is 0 Å². The first-order valence-electron chi connectivity index (χ1n) is 6.62. The summed E-state index contributed by atoms with van der Waals surface area (Å²) in [6.45, 7) is -0.00596. The van der Waals surface area contributed by atoms with Crippen LogP contribution in [0.2, 0.25) is 5.02 Å². The zero-order valence-electron chi connectivity index (χ0n) is 11.8. The van der Waals surface area contributed by atoms with Crippen LogP contribution in [0.1, 0.15) is 17.2 Å². The second-order valence-corrected chi connectivity index (χ2v) is 5.06. The van der Waals surface area contributed by atoms with Gasteiger partial charge in [-0.2, -0.15) is 0 Å². The number of carbonyl (C=O) groups excluding carboxylic acids is 1. The largest absolute Gasteiger partial charge is 0.479 e. The molecule has 1 atom stereocenters. The highest BCUT2D eigenvalue weighted by Crippen LogP contribution is 2.20. The summed E-state index contributed by atoms with van der Waals surface area (Å²) in [5.74, 6) is -2.11. The number of ether oxygens (including phenoxy) is 1. The van der Waals surface area contributed by atoms with E-state index >= 15 is 0 Å². The molecule has 0 aliphatic heterocycles. The Balaban J connectivity index is 2.02. The Morgan fingerprint density at radius 3 is 2.52 bits per heavy atom. The Labute approximate surface area is 136 Å². The molecular formula is C16H13ClFNO4. The van der Waals surface area contributed by atoms with Gasteiger partial charge < -0.3 is 15.2 Å². The number of hydrogen-bond donors (Lipinski definition) is 2. The van der Waals surface area contributed by atoms with E-state index in [0.29, 0.717) is 0 Å². The van der Waals surface area contributed by atoms with Crippen molar-refractivity contribution >= 4 is 23.7 Å². The summed E-state index contributed by atoms with van der Waals surface area (Å²) in [6.07, 6.45) is -0.920. The molecule has 0 unspecified atom stereocenters. The summed E-state index contributed by atoms with van der Waals surface area (Å²) >= 11 is 5.55. The van der Waals surface area contributed by atoms with Gasteiger partial charge in [-0.15, -0.1) is 0 Å². The van der Waals surface area contributed by atoms with Gasteiger partial charge >= 0.3 is 12.1 Å². The van der Waals surface area contributed by atoms with Crippen LogP contribution >= 0.6 is 11.6 Å². The standard InChI is InChI=1S/C16H13ClFNO4/c17-12-7-6-11(8-13(12)18)14(15(20)21)19-16(22)23-9-10-4-2-1-3-5-10/h1-8,14H,9H2,(H,19,22)(H,20,21)/t14-/m1/s1. The molecule has 0 radical (unpaired) electrons. The number of amides is 1. The molecule has 2 rings (SSSR count). The van der Waals surface area contributed by atoms with E-state index in [1.54, 1.807) is 24.3 Å². The van der Waals surface area contributed by atoms with Crippen LogP contribution in [0.4, 0.5) is 9.18 Å². The SMILES string of the molecule is O=C(N[C@@H](C(=O)O)c1ccc(Cl)c(F)c1)OCc1ccccc1. The van der Waals surface area contributed by atoms with Crippen LogP contribution in [0.3, 0.4) is 0 Å². The molecule has 0 aliphatic carbocycles. The molecule has 0 saturated heterocycles. The van der Waals surface area contributed by atoms with Crippen molar-refractivity contribution in [2.75, 3.05) is 0 Å². The molecule has 1 amide bonds. The number of alkyl carbamates (subject to hydrolysis) is 1. The second kappa shape index (κ2) is 7.60. The lowest BCUT2D eigenvalue weighted by Gasteiger charge is -2.15. The molecule has 0 fully saturated rings. The second-order valence-electron chi connectivity index (χ2n) is 4.65. The topological polar surface area (TPSA) is 75.6 Å². The Kier molecular flexibility index (Phi) is 5.54. The quantitative estimate of drug-likeness (QED) is 0.875. The van der Waals surface area contributed by atoms with Crippen LogP contribution in [-0.2, 0) is 16.1 Å². The van der Waals surface area contributed by atoms with Crippen LogP contribution in [0.5, 0.6) is 0 Å². The maximum Gasteiger partial charge on any atom is 0.408 e. The van der Waals surface area contributed by atoms with Crippen molar-refractivity contribution in [3.63, 3.8) is 0 Å². The Morgan fingerprint density at radius 2 is 1.91 bits per heavy atom. The predicted octanol–water partition coefficient (Wildman–Crippen LogP) is 3.53. The Hall–Kier alpha value is -2.60. The van der Waals surface area contributed by atoms with Gasteiger partial charge in [0.05, 0.1) is 5.02 Å². The van der Waals surface area contributed by atoms with Crippen LogP contribution in [-0.4, -0.2) is 17.2 Å². The van der Waals surface area contributed by atoms with Gasteiger partial charge in [-0.25, -0.2) is 14.0 Å². The fraction of sp³-hybridized carbons (Fsp3) is 0.125. The number of rotatable bonds is 5. The number of nitrogens with one attached hydrogen (secondary N) is 1. The van der Waals surface area contributed by atoms with Gasteiger partial charge in [0.15, 0.2) is 6.04 Å². The van der Waals surface area contributed by atoms with Crippen molar-refractivity contribution in [2.24, 2.45) is 0 Å². The number of carboxylic acid groups (broad SMARTS) is 1. The van der Waals surface area contributed by atoms with E-state index in [1.165, 1.54) is 12.1 Å². The molecule has 120 valence electrons. The van der Waals surface area contributed by atoms with E-state index in [9.17, 15) is 19.1 Å². The van der Waals surface area contributed by atoms with Crippen LogP contribution in [0, 0.1) is 5.82 Å². The Morgan fingerprint density at radius 1 is 1.22 bits per heavy atom. The first-order chi connectivity index (χ1) is 11.0. The molecule has 0 bridgehead atoms. The lowest BCUT2D eigenvalue weighted by Crippen LogP contribution is -2.34. The van der Waals surface area contributed by atoms with Crippen molar-refractivity contribution in [3.05, 3.63) is 70.5 Å². The molecule has 0 aromatic heterocycles. The highest BCUT2D eigenvalue weighted by molar-refractivity contribution is 6.30. The predicted molar refractivity (Wildman–Crippen MR) is 81.5 cm³/mol. The lowest BCUT2D eigenvalue weighted by atomic mass is 10.1. The average molecular weight is 338 g/mol. The average Bonchev–Trinajstić information content (AvgIpc) is 2.54. The van der Waals surface area contributed by atoms with Crippen LogP contribution in [0.15, 0.2) is 48.5 Å². The molecule has 0 spiro atoms. The first-order valence-corrected chi connectivity index (χ1v) is 7.00. The van der Waals surface area contributed by atoms with E-state index in [4.69, 9.17) is 16.3 Å². The third-order valence-corrected chi connectivity index (χ3v) is 3.31. The minimum absolute atomic E-state index is 0.00596. The summed E-state index contributed by atoms with van der Waals surface area (Å²) in [5, 5.41) is 11.2. The highest BCUT2D eigenvalue weighted by Gasteiger charge is 2.23. The van der Waals surface area contributed by atoms with Crippen molar-refractivity contribution in [1.82, 2.24) is 5.32 Å². The smallest absolute Gasteiger partial charge is 0.408 e. The number of hydrogen-bond acceptors (Lipinski definition) is 3. The molecule has 7 heteroatoms. The molecule has 2 aromatic rings. The van der Waals surface area contributed by atoms with Gasteiger partial charge in [0.1, 0.15) is 12.4 Å². The van der Waals surface area contributed by atoms with E-state index in [2.05, 4.69) is 5.32 Å². The molecule has 23 heavy (non-hydrogen) atoms. The monoisotopic (exact) mass is 337 g/mol. The maximum absolute atomic E-state index is 13.4. The minimum atomic E-state index is -1.44. The third-order valence-electron chi connectivity index (χ3n) is 3.00. The van der Waals surface area contributed by atoms with Gasteiger partial charge in [-0.05, 0) is 23.3 Å². The summed E-state index contributed by atoms with van der Waals surface area (Å²) in [4.78, 5) is 23.0. The normalized spacial score (nSPS) is 11.6. The van der Waals surface area contributed by atoms with Gasteiger partial charge in [-0.3, -0.25) is 0 Å². The molecule has 0 aliphatic rings. The zero-order valence-corrected chi connectivity index (χ0v) is 12.6. The third kappa shape index (κ3) is 4.69. The van der Waals surface area contributed by atoms with E-state index in [0.717, 1.165) is 11.6 Å². The summed E-state index contributed by atoms with van der Waals surface area (Å²) < 4.78 is 18.4. The van der Waals surface area contributed by atoms with Crippen molar-refractivity contribution in [2.45, 2.75) is 12.6 Å². The molecule has 2 N–H and O–H groups in total. The Bertz CT molecular complexity index is 708. The molecule has 0 heterocycles. The fourth-order valence-electron chi connectivity index (χ4n) is 1.86. The summed E-state index contributed by atoms with van der Waals surface area (Å²) in [5.41, 5.74) is 0.808. The highest BCUT2D eigenvalue weighted by atomic mass is 35.5. The van der Waals surface area contributed by atoms with Gasteiger partial charge in [-0.1, -0.05) is 48.0 Å². The molecular weight excluding hydrogens is 325 g/mol. The van der Waals surface area contributed by atoms with Crippen molar-refractivity contribution in [1.29, 1.82) is 0 Å². The summed E-state index contributed by atoms with van der Waals surface area (Å²) in [7, 11) is 0. The van der Waals surface area contributed by atoms with Crippen LogP contribution < -0.4 is 5.32 Å². The van der Waals surface area contributed by atoms with E-state index in [-0.39, 0.29) is 17.2 Å². The molecule has 2 aromatic carbocycles. The van der Waals surface area contributed by atoms with Gasteiger partial charge in [0.2, 0.25) is 0 Å². The van der Waals surface area contributed by atoms with Crippen LogP contribution in [0.25, 0.3) is 0 Å². The van der Waals surface area contributed by atoms with E-state index < -0.39 is 23.9 Å². The lowest BCUT2D eigenvalue weighted by molar-refractivity contribution is -0.139. The van der Waals surface area contributed by atoms with E-state index in [1.807, 2.05) is 6.07 Å². The van der Waals surface area contributed by atoms with Crippen molar-refractivity contribution in [3.8, 4) is 0 Å². The zero-order chi connectivity index (χ0) is 16.8. The number of halogens is 2. The van der Waals surface area contributed by atoms with Gasteiger partial charge in [0.25, 0.3) is 0 Å². The first kappa shape index (κ1) is 16.8. The molecule has 0 saturated carbocycles. The number of aliphatic carboxylic acids is 1. The number of benzene rings is 2. The fourth-order valence-corrected chi connectivity index (χ4v) is 1.98. The number of carbonyl (C=O) groups is 2. The molecule has 5 nitrogen and oxygen atoms in total.